The van der Waals surface area contributed by atoms with Gasteiger partial charge >= 0.3 is 0 Å². The van der Waals surface area contributed by atoms with E-state index in [0.29, 0.717) is 17.9 Å². The Labute approximate surface area is 73.3 Å². The van der Waals surface area contributed by atoms with E-state index in [1.807, 2.05) is 0 Å². The Balaban J connectivity index is 2.14. The SMILES string of the molecule is CC(C)C1=NO[C@@H]2CC=CC[C@H]12. The fourth-order valence-electron chi connectivity index (χ4n) is 1.95. The van der Waals surface area contributed by atoms with Crippen LogP contribution >= 0.6 is 0 Å². The van der Waals surface area contributed by atoms with E-state index in [9.17, 15) is 0 Å². The van der Waals surface area contributed by atoms with Crippen LogP contribution in [0.25, 0.3) is 0 Å². The molecule has 2 rings (SSSR count). The molecule has 0 spiro atoms. The standard InChI is InChI=1S/C10H15NO/c1-7(2)10-8-5-3-4-6-9(8)12-11-10/h3-4,7-9H,5-6H2,1-2H3/t8-,9+/m0/s1. The highest BCUT2D eigenvalue weighted by Crippen LogP contribution is 2.31. The van der Waals surface area contributed by atoms with Crippen LogP contribution in [0.4, 0.5) is 0 Å². The first-order valence-corrected chi connectivity index (χ1v) is 4.67. The molecule has 0 saturated heterocycles. The molecule has 2 atom stereocenters. The number of rotatable bonds is 1. The average molecular weight is 165 g/mol. The van der Waals surface area contributed by atoms with E-state index < -0.39 is 0 Å². The van der Waals surface area contributed by atoms with Gasteiger partial charge in [0.1, 0.15) is 6.10 Å². The van der Waals surface area contributed by atoms with Gasteiger partial charge in [-0.05, 0) is 12.3 Å². The van der Waals surface area contributed by atoms with Gasteiger partial charge in [0.2, 0.25) is 0 Å². The molecule has 0 aromatic rings. The molecule has 0 saturated carbocycles. The molecule has 2 nitrogen and oxygen atoms in total. The molecule has 0 radical (unpaired) electrons. The third-order valence-corrected chi connectivity index (χ3v) is 2.64. The van der Waals surface area contributed by atoms with E-state index in [0.717, 1.165) is 12.8 Å². The molecule has 0 unspecified atom stereocenters. The van der Waals surface area contributed by atoms with Crippen LogP contribution in [0, 0.1) is 11.8 Å². The van der Waals surface area contributed by atoms with Gasteiger partial charge < -0.3 is 4.84 Å². The van der Waals surface area contributed by atoms with Crippen molar-refractivity contribution in [2.75, 3.05) is 0 Å². The van der Waals surface area contributed by atoms with Crippen molar-refractivity contribution in [3.63, 3.8) is 0 Å². The zero-order valence-corrected chi connectivity index (χ0v) is 7.66. The molecule has 66 valence electrons. The number of oxime groups is 1. The second-order valence-corrected chi connectivity index (χ2v) is 3.86. The Morgan fingerprint density at radius 1 is 1.42 bits per heavy atom. The maximum atomic E-state index is 5.37. The predicted molar refractivity (Wildman–Crippen MR) is 49.0 cm³/mol. The van der Waals surface area contributed by atoms with Gasteiger partial charge in [0.05, 0.1) is 5.71 Å². The largest absolute Gasteiger partial charge is 0.391 e. The monoisotopic (exact) mass is 165 g/mol. The van der Waals surface area contributed by atoms with Crippen LogP contribution in [-0.2, 0) is 4.84 Å². The van der Waals surface area contributed by atoms with Crippen LogP contribution in [0.1, 0.15) is 26.7 Å². The molecule has 2 aliphatic rings. The van der Waals surface area contributed by atoms with E-state index in [2.05, 4.69) is 31.2 Å². The molecule has 0 aromatic carbocycles. The van der Waals surface area contributed by atoms with Crippen molar-refractivity contribution >= 4 is 5.71 Å². The summed E-state index contributed by atoms with van der Waals surface area (Å²) in [5.74, 6) is 1.10. The van der Waals surface area contributed by atoms with E-state index in [-0.39, 0.29) is 0 Å². The Kier molecular flexibility index (Phi) is 1.91. The Bertz CT molecular complexity index is 230. The van der Waals surface area contributed by atoms with E-state index in [1.165, 1.54) is 5.71 Å². The van der Waals surface area contributed by atoms with Gasteiger partial charge in [-0.1, -0.05) is 31.2 Å². The number of hydrogen-bond donors (Lipinski definition) is 0. The van der Waals surface area contributed by atoms with Gasteiger partial charge in [-0.25, -0.2) is 0 Å². The second kappa shape index (κ2) is 2.92. The third kappa shape index (κ3) is 1.15. The van der Waals surface area contributed by atoms with Gasteiger partial charge in [0, 0.05) is 12.3 Å². The summed E-state index contributed by atoms with van der Waals surface area (Å²) in [4.78, 5) is 5.37. The number of fused-ring (bicyclic) bond motifs is 1. The van der Waals surface area contributed by atoms with E-state index in [1.54, 1.807) is 0 Å². The lowest BCUT2D eigenvalue weighted by Gasteiger charge is -2.20. The summed E-state index contributed by atoms with van der Waals surface area (Å²) in [5.41, 5.74) is 1.25. The van der Waals surface area contributed by atoms with Crippen LogP contribution in [0.15, 0.2) is 17.3 Å². The number of nitrogens with zero attached hydrogens (tertiary/aromatic N) is 1. The molecule has 12 heavy (non-hydrogen) atoms. The summed E-state index contributed by atoms with van der Waals surface area (Å²) in [6.07, 6.45) is 6.92. The van der Waals surface area contributed by atoms with Crippen molar-refractivity contribution in [3.05, 3.63) is 12.2 Å². The molecule has 0 fully saturated rings. The zero-order chi connectivity index (χ0) is 8.55. The molecule has 1 aliphatic heterocycles. The Morgan fingerprint density at radius 2 is 2.17 bits per heavy atom. The van der Waals surface area contributed by atoms with Crippen molar-refractivity contribution in [2.24, 2.45) is 17.0 Å². The number of allylic oxidation sites excluding steroid dienone is 1. The van der Waals surface area contributed by atoms with Crippen molar-refractivity contribution in [1.82, 2.24) is 0 Å². The lowest BCUT2D eigenvalue weighted by Crippen LogP contribution is -2.27. The van der Waals surface area contributed by atoms with Gasteiger partial charge in [-0.2, -0.15) is 0 Å². The smallest absolute Gasteiger partial charge is 0.139 e. The predicted octanol–water partition coefficient (Wildman–Crippen LogP) is 2.36. The molecule has 2 heteroatoms. The van der Waals surface area contributed by atoms with Crippen LogP contribution < -0.4 is 0 Å². The summed E-state index contributed by atoms with van der Waals surface area (Å²) in [6, 6.07) is 0. The molecule has 0 amide bonds. The Morgan fingerprint density at radius 3 is 2.92 bits per heavy atom. The number of hydrogen-bond acceptors (Lipinski definition) is 2. The maximum Gasteiger partial charge on any atom is 0.139 e. The van der Waals surface area contributed by atoms with Crippen LogP contribution in [0.3, 0.4) is 0 Å². The molecule has 0 N–H and O–H groups in total. The van der Waals surface area contributed by atoms with Gasteiger partial charge in [0.15, 0.2) is 0 Å². The summed E-state index contributed by atoms with van der Waals surface area (Å²) in [5, 5.41) is 4.16. The molecular weight excluding hydrogens is 150 g/mol. The summed E-state index contributed by atoms with van der Waals surface area (Å²) in [6.45, 7) is 4.37. The van der Waals surface area contributed by atoms with Crippen LogP contribution in [0.2, 0.25) is 0 Å². The molecule has 1 aliphatic carbocycles. The van der Waals surface area contributed by atoms with Crippen molar-refractivity contribution in [3.8, 4) is 0 Å². The highest BCUT2D eigenvalue weighted by Gasteiger charge is 2.35. The van der Waals surface area contributed by atoms with Crippen molar-refractivity contribution in [2.45, 2.75) is 32.8 Å². The van der Waals surface area contributed by atoms with Crippen LogP contribution in [0.5, 0.6) is 0 Å². The molecule has 0 bridgehead atoms. The van der Waals surface area contributed by atoms with Gasteiger partial charge in [-0.15, -0.1) is 0 Å². The summed E-state index contributed by atoms with van der Waals surface area (Å²) >= 11 is 0. The highest BCUT2D eigenvalue weighted by molar-refractivity contribution is 5.89. The summed E-state index contributed by atoms with van der Waals surface area (Å²) < 4.78 is 0. The zero-order valence-electron chi connectivity index (χ0n) is 7.66. The second-order valence-electron chi connectivity index (χ2n) is 3.86. The molecular formula is C10H15NO. The van der Waals surface area contributed by atoms with E-state index in [4.69, 9.17) is 4.84 Å². The first-order chi connectivity index (χ1) is 5.79. The topological polar surface area (TPSA) is 21.6 Å². The minimum Gasteiger partial charge on any atom is -0.391 e. The average Bonchev–Trinajstić information content (AvgIpc) is 2.47. The molecule has 0 aromatic heterocycles. The first kappa shape index (κ1) is 7.84. The quantitative estimate of drug-likeness (QED) is 0.546. The lowest BCUT2D eigenvalue weighted by atomic mass is 9.84. The van der Waals surface area contributed by atoms with Crippen LogP contribution in [-0.4, -0.2) is 11.8 Å². The van der Waals surface area contributed by atoms with Crippen molar-refractivity contribution < 1.29 is 4.84 Å². The minimum absolute atomic E-state index is 0.340. The fourth-order valence-corrected chi connectivity index (χ4v) is 1.95. The van der Waals surface area contributed by atoms with Gasteiger partial charge in [0.25, 0.3) is 0 Å². The Hall–Kier alpha value is -0.790. The lowest BCUT2D eigenvalue weighted by molar-refractivity contribution is 0.0618. The molecule has 1 heterocycles. The van der Waals surface area contributed by atoms with Crippen molar-refractivity contribution in [1.29, 1.82) is 0 Å². The maximum absolute atomic E-state index is 5.37. The van der Waals surface area contributed by atoms with Gasteiger partial charge in [-0.3, -0.25) is 0 Å². The summed E-state index contributed by atoms with van der Waals surface area (Å²) in [7, 11) is 0. The fraction of sp³-hybridized carbons (Fsp3) is 0.700. The first-order valence-electron chi connectivity index (χ1n) is 4.67. The minimum atomic E-state index is 0.340. The van der Waals surface area contributed by atoms with E-state index >= 15 is 0 Å². The highest BCUT2D eigenvalue weighted by atomic mass is 16.6. The normalized spacial score (nSPS) is 33.1. The third-order valence-electron chi connectivity index (χ3n) is 2.64.